The predicted molar refractivity (Wildman–Crippen MR) is 80.9 cm³/mol. The third-order valence-electron chi connectivity index (χ3n) is 3.48. The second-order valence-electron chi connectivity index (χ2n) is 5.12. The number of aromatic amines is 1. The van der Waals surface area contributed by atoms with E-state index in [1.807, 2.05) is 12.1 Å². The number of amides is 2. The van der Waals surface area contributed by atoms with Crippen LogP contribution in [0, 0.1) is 0 Å². The first-order valence-electron chi connectivity index (χ1n) is 6.89. The lowest BCUT2D eigenvalue weighted by atomic mass is 10.1. The Hall–Kier alpha value is -2.83. The molecule has 114 valence electrons. The SMILES string of the molecule is CC(=O)NC[C@H]1CN(c2cccc3ccc(=O)[nH]c23)C(=O)O1. The van der Waals surface area contributed by atoms with E-state index in [9.17, 15) is 14.4 Å². The van der Waals surface area contributed by atoms with Crippen LogP contribution < -0.4 is 15.8 Å². The molecule has 2 aromatic rings. The Morgan fingerprint density at radius 1 is 1.36 bits per heavy atom. The zero-order valence-electron chi connectivity index (χ0n) is 12.0. The quantitative estimate of drug-likeness (QED) is 0.884. The topological polar surface area (TPSA) is 91.5 Å². The molecule has 0 unspecified atom stereocenters. The molecule has 3 rings (SSSR count). The average molecular weight is 301 g/mol. The predicted octanol–water partition coefficient (Wildman–Crippen LogP) is 0.989. The van der Waals surface area contributed by atoms with E-state index in [1.165, 1.54) is 17.9 Å². The molecule has 0 radical (unpaired) electrons. The number of pyridine rings is 1. The molecule has 1 aliphatic rings. The summed E-state index contributed by atoms with van der Waals surface area (Å²) in [6.45, 7) is 1.98. The molecule has 7 heteroatoms. The number of benzene rings is 1. The van der Waals surface area contributed by atoms with Crippen LogP contribution >= 0.6 is 0 Å². The molecule has 0 bridgehead atoms. The van der Waals surface area contributed by atoms with Gasteiger partial charge in [0.15, 0.2) is 0 Å². The van der Waals surface area contributed by atoms with Gasteiger partial charge >= 0.3 is 6.09 Å². The first kappa shape index (κ1) is 14.1. The zero-order valence-corrected chi connectivity index (χ0v) is 12.0. The van der Waals surface area contributed by atoms with Crippen molar-refractivity contribution in [2.75, 3.05) is 18.0 Å². The lowest BCUT2D eigenvalue weighted by Gasteiger charge is -2.15. The summed E-state index contributed by atoms with van der Waals surface area (Å²) in [6, 6.07) is 8.55. The zero-order chi connectivity index (χ0) is 15.7. The van der Waals surface area contributed by atoms with Gasteiger partial charge < -0.3 is 15.0 Å². The maximum absolute atomic E-state index is 12.1. The van der Waals surface area contributed by atoms with Crippen LogP contribution in [0.2, 0.25) is 0 Å². The molecule has 1 aromatic heterocycles. The van der Waals surface area contributed by atoms with Gasteiger partial charge in [-0.1, -0.05) is 12.1 Å². The van der Waals surface area contributed by atoms with Crippen LogP contribution in [0.25, 0.3) is 10.9 Å². The standard InChI is InChI=1S/C15H15N3O4/c1-9(19)16-7-11-8-18(15(21)22-11)12-4-2-3-10-5-6-13(20)17-14(10)12/h2-6,11H,7-8H2,1H3,(H,16,19)(H,17,20)/t11-/m0/s1. The number of carbonyl (C=O) groups is 2. The van der Waals surface area contributed by atoms with E-state index in [2.05, 4.69) is 10.3 Å². The number of fused-ring (bicyclic) bond motifs is 1. The fraction of sp³-hybridized carbons (Fsp3) is 0.267. The summed E-state index contributed by atoms with van der Waals surface area (Å²) in [6.07, 6.45) is -0.908. The number of hydrogen-bond donors (Lipinski definition) is 2. The summed E-state index contributed by atoms with van der Waals surface area (Å²) in [5, 5.41) is 3.45. The molecule has 2 N–H and O–H groups in total. The number of cyclic esters (lactones) is 1. The van der Waals surface area contributed by atoms with Crippen molar-refractivity contribution in [1.29, 1.82) is 0 Å². The number of para-hydroxylation sites is 1. The van der Waals surface area contributed by atoms with Crippen molar-refractivity contribution < 1.29 is 14.3 Å². The molecule has 22 heavy (non-hydrogen) atoms. The van der Waals surface area contributed by atoms with Crippen LogP contribution in [0.15, 0.2) is 35.1 Å². The molecule has 1 aliphatic heterocycles. The van der Waals surface area contributed by atoms with Gasteiger partial charge in [-0.2, -0.15) is 0 Å². The van der Waals surface area contributed by atoms with E-state index in [4.69, 9.17) is 4.74 Å². The number of rotatable bonds is 3. The fourth-order valence-corrected chi connectivity index (χ4v) is 2.47. The van der Waals surface area contributed by atoms with Crippen LogP contribution in [-0.4, -0.2) is 36.2 Å². The summed E-state index contributed by atoms with van der Waals surface area (Å²) in [5.74, 6) is -0.177. The summed E-state index contributed by atoms with van der Waals surface area (Å²) in [4.78, 5) is 38.7. The third-order valence-corrected chi connectivity index (χ3v) is 3.48. The molecule has 2 amide bonds. The number of carbonyl (C=O) groups excluding carboxylic acids is 2. The number of H-pyrrole nitrogens is 1. The minimum Gasteiger partial charge on any atom is -0.442 e. The highest BCUT2D eigenvalue weighted by Crippen LogP contribution is 2.27. The fourth-order valence-electron chi connectivity index (χ4n) is 2.47. The molecule has 0 aliphatic carbocycles. The lowest BCUT2D eigenvalue weighted by Crippen LogP contribution is -2.33. The first-order valence-corrected chi connectivity index (χ1v) is 6.89. The number of ether oxygens (including phenoxy) is 1. The Balaban J connectivity index is 1.91. The van der Waals surface area contributed by atoms with Crippen molar-refractivity contribution in [3.63, 3.8) is 0 Å². The minimum atomic E-state index is -0.493. The molecule has 1 saturated heterocycles. The Bertz CT molecular complexity index is 799. The molecule has 1 atom stereocenters. The van der Waals surface area contributed by atoms with Gasteiger partial charge in [0.1, 0.15) is 6.10 Å². The normalized spacial score (nSPS) is 17.6. The summed E-state index contributed by atoms with van der Waals surface area (Å²) < 4.78 is 5.24. The highest BCUT2D eigenvalue weighted by molar-refractivity contribution is 6.00. The molecule has 0 spiro atoms. The maximum atomic E-state index is 12.1. The second kappa shape index (κ2) is 5.51. The highest BCUT2D eigenvalue weighted by atomic mass is 16.6. The summed E-state index contributed by atoms with van der Waals surface area (Å²) >= 11 is 0. The Kier molecular flexibility index (Phi) is 3.54. The molecular weight excluding hydrogens is 286 g/mol. The van der Waals surface area contributed by atoms with Gasteiger partial charge in [0.05, 0.1) is 24.3 Å². The van der Waals surface area contributed by atoms with Crippen molar-refractivity contribution in [2.24, 2.45) is 0 Å². The molecule has 0 saturated carbocycles. The van der Waals surface area contributed by atoms with Gasteiger partial charge in [0.25, 0.3) is 0 Å². The number of nitrogens with zero attached hydrogens (tertiary/aromatic N) is 1. The van der Waals surface area contributed by atoms with Crippen LogP contribution in [0.4, 0.5) is 10.5 Å². The smallest absolute Gasteiger partial charge is 0.414 e. The minimum absolute atomic E-state index is 0.177. The number of hydrogen-bond acceptors (Lipinski definition) is 4. The van der Waals surface area contributed by atoms with Gasteiger partial charge in [-0.25, -0.2) is 4.79 Å². The summed E-state index contributed by atoms with van der Waals surface area (Å²) in [7, 11) is 0. The Labute approximate surface area is 125 Å². The van der Waals surface area contributed by atoms with Crippen molar-refractivity contribution in [2.45, 2.75) is 13.0 Å². The molecule has 2 heterocycles. The Morgan fingerprint density at radius 2 is 2.18 bits per heavy atom. The van der Waals surface area contributed by atoms with Gasteiger partial charge in [0.2, 0.25) is 11.5 Å². The van der Waals surface area contributed by atoms with E-state index < -0.39 is 12.2 Å². The van der Waals surface area contributed by atoms with Crippen LogP contribution in [0.5, 0.6) is 0 Å². The monoisotopic (exact) mass is 301 g/mol. The number of aromatic nitrogens is 1. The molecule has 1 fully saturated rings. The second-order valence-corrected chi connectivity index (χ2v) is 5.12. The van der Waals surface area contributed by atoms with Gasteiger partial charge in [0, 0.05) is 18.4 Å². The number of nitrogens with one attached hydrogen (secondary N) is 2. The van der Waals surface area contributed by atoms with E-state index in [-0.39, 0.29) is 18.0 Å². The Morgan fingerprint density at radius 3 is 2.95 bits per heavy atom. The van der Waals surface area contributed by atoms with E-state index in [1.54, 1.807) is 12.1 Å². The largest absolute Gasteiger partial charge is 0.442 e. The molecule has 7 nitrogen and oxygen atoms in total. The van der Waals surface area contributed by atoms with E-state index in [0.29, 0.717) is 17.7 Å². The van der Waals surface area contributed by atoms with Crippen molar-refractivity contribution in [3.05, 3.63) is 40.7 Å². The van der Waals surface area contributed by atoms with E-state index >= 15 is 0 Å². The van der Waals surface area contributed by atoms with Gasteiger partial charge in [-0.15, -0.1) is 0 Å². The van der Waals surface area contributed by atoms with Crippen LogP contribution in [0.1, 0.15) is 6.92 Å². The maximum Gasteiger partial charge on any atom is 0.414 e. The highest BCUT2D eigenvalue weighted by Gasteiger charge is 2.33. The first-order chi connectivity index (χ1) is 10.5. The van der Waals surface area contributed by atoms with Crippen LogP contribution in [0.3, 0.4) is 0 Å². The van der Waals surface area contributed by atoms with Crippen molar-refractivity contribution in [3.8, 4) is 0 Å². The average Bonchev–Trinajstić information content (AvgIpc) is 2.85. The lowest BCUT2D eigenvalue weighted by molar-refractivity contribution is -0.119. The van der Waals surface area contributed by atoms with Crippen LogP contribution in [-0.2, 0) is 9.53 Å². The van der Waals surface area contributed by atoms with Gasteiger partial charge in [-0.3, -0.25) is 14.5 Å². The molecular formula is C15H15N3O4. The van der Waals surface area contributed by atoms with Crippen molar-refractivity contribution in [1.82, 2.24) is 10.3 Å². The van der Waals surface area contributed by atoms with Crippen molar-refractivity contribution >= 4 is 28.6 Å². The number of anilines is 1. The summed E-state index contributed by atoms with van der Waals surface area (Å²) in [5.41, 5.74) is 0.944. The van der Waals surface area contributed by atoms with Gasteiger partial charge in [-0.05, 0) is 12.1 Å². The van der Waals surface area contributed by atoms with E-state index in [0.717, 1.165) is 5.39 Å². The third kappa shape index (κ3) is 2.65. The molecule has 1 aromatic carbocycles.